The van der Waals surface area contributed by atoms with Gasteiger partial charge in [0.1, 0.15) is 6.20 Å². The van der Waals surface area contributed by atoms with Gasteiger partial charge in [-0.05, 0) is 25.7 Å². The second-order valence-electron chi connectivity index (χ2n) is 4.01. The molecule has 0 radical (unpaired) electrons. The van der Waals surface area contributed by atoms with Crippen molar-refractivity contribution in [1.82, 2.24) is 9.78 Å². The Bertz CT molecular complexity index is 450. The van der Waals surface area contributed by atoms with Crippen molar-refractivity contribution in [2.75, 3.05) is 6.61 Å². The Morgan fingerprint density at radius 1 is 1.71 bits per heavy atom. The zero-order chi connectivity index (χ0) is 12.4. The largest absolute Gasteiger partial charge is 0.461 e. The summed E-state index contributed by atoms with van der Waals surface area (Å²) in [6.07, 6.45) is 3.52. The van der Waals surface area contributed by atoms with Gasteiger partial charge in [-0.25, -0.2) is 4.79 Å². The van der Waals surface area contributed by atoms with Crippen molar-refractivity contribution in [2.24, 2.45) is 5.92 Å². The predicted octanol–water partition coefficient (Wildman–Crippen LogP) is 1.38. The van der Waals surface area contributed by atoms with Crippen molar-refractivity contribution in [3.05, 3.63) is 22.0 Å². The van der Waals surface area contributed by atoms with Gasteiger partial charge in [0.05, 0.1) is 11.5 Å². The fourth-order valence-corrected chi connectivity index (χ4v) is 1.55. The molecule has 0 amide bonds. The first-order chi connectivity index (χ1) is 8.11. The van der Waals surface area contributed by atoms with E-state index in [1.54, 1.807) is 6.92 Å². The number of carbonyl (C=O) groups is 1. The molecule has 0 saturated heterocycles. The van der Waals surface area contributed by atoms with Gasteiger partial charge in [0.15, 0.2) is 0 Å². The lowest BCUT2D eigenvalue weighted by atomic mass is 10.4. The molecule has 7 heteroatoms. The lowest BCUT2D eigenvalue weighted by Crippen LogP contribution is -2.09. The Kier molecular flexibility index (Phi) is 3.08. The Labute approximate surface area is 97.5 Å². The Balaban J connectivity index is 2.23. The van der Waals surface area contributed by atoms with Crippen LogP contribution in [0.25, 0.3) is 0 Å². The van der Waals surface area contributed by atoms with Crippen LogP contribution in [0.4, 0.5) is 5.69 Å². The average molecular weight is 239 g/mol. The summed E-state index contributed by atoms with van der Waals surface area (Å²) in [6, 6.07) is 0. The topological polar surface area (TPSA) is 87.3 Å². The maximum Gasteiger partial charge on any atom is 0.366 e. The first-order valence-corrected chi connectivity index (χ1v) is 5.50. The van der Waals surface area contributed by atoms with Crippen LogP contribution in [0.1, 0.15) is 30.3 Å². The molecule has 2 rings (SSSR count). The first-order valence-electron chi connectivity index (χ1n) is 5.50. The van der Waals surface area contributed by atoms with Crippen LogP contribution in [0, 0.1) is 16.0 Å². The second kappa shape index (κ2) is 4.52. The fourth-order valence-electron chi connectivity index (χ4n) is 1.55. The molecule has 1 saturated carbocycles. The van der Waals surface area contributed by atoms with Gasteiger partial charge in [-0.1, -0.05) is 0 Å². The van der Waals surface area contributed by atoms with Crippen molar-refractivity contribution >= 4 is 11.7 Å². The SMILES string of the molecule is CCOC(=O)c1nn(CC2CC2)cc1[N+](=O)[O-]. The summed E-state index contributed by atoms with van der Waals surface area (Å²) in [5.74, 6) is -0.210. The predicted molar refractivity (Wildman–Crippen MR) is 57.6 cm³/mol. The summed E-state index contributed by atoms with van der Waals surface area (Å²) in [6.45, 7) is 2.44. The number of hydrogen-bond acceptors (Lipinski definition) is 5. The van der Waals surface area contributed by atoms with E-state index in [1.807, 2.05) is 0 Å². The quantitative estimate of drug-likeness (QED) is 0.440. The smallest absolute Gasteiger partial charge is 0.366 e. The highest BCUT2D eigenvalue weighted by molar-refractivity contribution is 5.91. The van der Waals surface area contributed by atoms with Crippen molar-refractivity contribution in [1.29, 1.82) is 0 Å². The minimum absolute atomic E-state index is 0.172. The molecular weight excluding hydrogens is 226 g/mol. The van der Waals surface area contributed by atoms with Crippen LogP contribution in [0.3, 0.4) is 0 Å². The summed E-state index contributed by atoms with van der Waals surface area (Å²) in [5.41, 5.74) is -0.499. The van der Waals surface area contributed by atoms with Crippen molar-refractivity contribution in [2.45, 2.75) is 26.3 Å². The third-order valence-corrected chi connectivity index (χ3v) is 2.55. The fraction of sp³-hybridized carbons (Fsp3) is 0.600. The van der Waals surface area contributed by atoms with Crippen LogP contribution in [0.5, 0.6) is 0 Å². The molecule has 1 aliphatic carbocycles. The lowest BCUT2D eigenvalue weighted by Gasteiger charge is -1.97. The maximum absolute atomic E-state index is 11.5. The van der Waals surface area contributed by atoms with Crippen molar-refractivity contribution in [3.63, 3.8) is 0 Å². The zero-order valence-electron chi connectivity index (χ0n) is 9.46. The molecule has 1 aromatic heterocycles. The summed E-state index contributed by atoms with van der Waals surface area (Å²) in [4.78, 5) is 21.7. The highest BCUT2D eigenvalue weighted by Gasteiger charge is 2.29. The van der Waals surface area contributed by atoms with E-state index >= 15 is 0 Å². The minimum Gasteiger partial charge on any atom is -0.461 e. The van der Waals surface area contributed by atoms with E-state index < -0.39 is 10.9 Å². The van der Waals surface area contributed by atoms with E-state index in [9.17, 15) is 14.9 Å². The van der Waals surface area contributed by atoms with Gasteiger partial charge in [-0.15, -0.1) is 0 Å². The van der Waals surface area contributed by atoms with E-state index in [-0.39, 0.29) is 18.0 Å². The average Bonchev–Trinajstić information content (AvgIpc) is 2.95. The molecule has 1 heterocycles. The first kappa shape index (κ1) is 11.6. The summed E-state index contributed by atoms with van der Waals surface area (Å²) in [5, 5.41) is 14.7. The normalized spacial score (nSPS) is 14.6. The standard InChI is InChI=1S/C10H13N3O4/c1-2-17-10(14)9-8(13(15)16)6-12(11-9)5-7-3-4-7/h6-7H,2-5H2,1H3. The Morgan fingerprint density at radius 2 is 2.41 bits per heavy atom. The molecule has 92 valence electrons. The molecule has 0 unspecified atom stereocenters. The number of aromatic nitrogens is 2. The number of hydrogen-bond donors (Lipinski definition) is 0. The molecule has 1 fully saturated rings. The summed E-state index contributed by atoms with van der Waals surface area (Å²) >= 11 is 0. The molecular formula is C10H13N3O4. The van der Waals surface area contributed by atoms with Crippen LogP contribution in [0.15, 0.2) is 6.20 Å². The molecule has 7 nitrogen and oxygen atoms in total. The third kappa shape index (κ3) is 2.61. The highest BCUT2D eigenvalue weighted by atomic mass is 16.6. The van der Waals surface area contributed by atoms with Crippen molar-refractivity contribution in [3.8, 4) is 0 Å². The molecule has 17 heavy (non-hydrogen) atoms. The van der Waals surface area contributed by atoms with Crippen LogP contribution in [-0.4, -0.2) is 27.3 Å². The Hall–Kier alpha value is -1.92. The molecule has 1 aliphatic rings. The molecule has 0 N–H and O–H groups in total. The Morgan fingerprint density at radius 3 is 2.94 bits per heavy atom. The molecule has 0 aromatic carbocycles. The number of nitrogens with zero attached hydrogens (tertiary/aromatic N) is 3. The number of esters is 1. The third-order valence-electron chi connectivity index (χ3n) is 2.55. The van der Waals surface area contributed by atoms with Gasteiger partial charge in [-0.2, -0.15) is 5.10 Å². The van der Waals surface area contributed by atoms with Gasteiger partial charge in [0, 0.05) is 6.54 Å². The van der Waals surface area contributed by atoms with Gasteiger partial charge in [-0.3, -0.25) is 14.8 Å². The van der Waals surface area contributed by atoms with E-state index in [0.717, 1.165) is 12.8 Å². The molecule has 0 spiro atoms. The van der Waals surface area contributed by atoms with Gasteiger partial charge >= 0.3 is 11.7 Å². The monoisotopic (exact) mass is 239 g/mol. The lowest BCUT2D eigenvalue weighted by molar-refractivity contribution is -0.385. The molecule has 0 bridgehead atoms. The minimum atomic E-state index is -0.742. The van der Waals surface area contributed by atoms with Gasteiger partial charge in [0.2, 0.25) is 5.69 Å². The van der Waals surface area contributed by atoms with Gasteiger partial charge in [0.25, 0.3) is 0 Å². The van der Waals surface area contributed by atoms with Gasteiger partial charge < -0.3 is 4.74 Å². The van der Waals surface area contributed by atoms with E-state index in [0.29, 0.717) is 12.5 Å². The van der Waals surface area contributed by atoms with E-state index in [2.05, 4.69) is 5.10 Å². The van der Waals surface area contributed by atoms with Crippen LogP contribution in [0.2, 0.25) is 0 Å². The molecule has 1 aromatic rings. The second-order valence-corrected chi connectivity index (χ2v) is 4.01. The number of nitro groups is 1. The molecule has 0 aliphatic heterocycles. The van der Waals surface area contributed by atoms with Crippen LogP contribution < -0.4 is 0 Å². The van der Waals surface area contributed by atoms with Crippen LogP contribution >= 0.6 is 0 Å². The summed E-state index contributed by atoms with van der Waals surface area (Å²) in [7, 11) is 0. The number of rotatable bonds is 5. The zero-order valence-corrected chi connectivity index (χ0v) is 9.46. The highest BCUT2D eigenvalue weighted by Crippen LogP contribution is 2.31. The molecule has 0 atom stereocenters. The summed E-state index contributed by atoms with van der Waals surface area (Å²) < 4.78 is 6.19. The number of ether oxygens (including phenoxy) is 1. The maximum atomic E-state index is 11.5. The van der Waals surface area contributed by atoms with E-state index in [1.165, 1.54) is 10.9 Å². The van der Waals surface area contributed by atoms with E-state index in [4.69, 9.17) is 4.74 Å². The van der Waals surface area contributed by atoms with Crippen LogP contribution in [-0.2, 0) is 11.3 Å². The number of carbonyl (C=O) groups excluding carboxylic acids is 1. The van der Waals surface area contributed by atoms with Crippen molar-refractivity contribution < 1.29 is 14.5 Å².